The zero-order valence-electron chi connectivity index (χ0n) is 11.7. The first kappa shape index (κ1) is 13.1. The van der Waals surface area contributed by atoms with Crippen molar-refractivity contribution in [1.29, 1.82) is 0 Å². The van der Waals surface area contributed by atoms with Gasteiger partial charge in [-0.15, -0.1) is 5.10 Å². The molecule has 0 spiro atoms. The summed E-state index contributed by atoms with van der Waals surface area (Å²) in [7, 11) is 1.61. The summed E-state index contributed by atoms with van der Waals surface area (Å²) in [6, 6.07) is 13.3. The predicted octanol–water partition coefficient (Wildman–Crippen LogP) is 4.71. The van der Waals surface area contributed by atoms with Crippen molar-refractivity contribution in [2.24, 2.45) is 0 Å². The highest BCUT2D eigenvalue weighted by Gasteiger charge is 2.16. The molecule has 5 heteroatoms. The van der Waals surface area contributed by atoms with Gasteiger partial charge in [0, 0.05) is 10.9 Å². The number of ether oxygens (including phenoxy) is 1. The highest BCUT2D eigenvalue weighted by molar-refractivity contribution is 6.34. The normalized spacial score (nSPS) is 11.2. The van der Waals surface area contributed by atoms with Crippen LogP contribution in [0, 0.1) is 0 Å². The second-order valence-corrected chi connectivity index (χ2v) is 5.28. The summed E-state index contributed by atoms with van der Waals surface area (Å²) in [4.78, 5) is 0. The van der Waals surface area contributed by atoms with Gasteiger partial charge in [0.2, 0.25) is 0 Å². The Morgan fingerprint density at radius 3 is 2.77 bits per heavy atom. The lowest BCUT2D eigenvalue weighted by atomic mass is 10.1. The van der Waals surface area contributed by atoms with Gasteiger partial charge in [0.05, 0.1) is 23.7 Å². The number of aromatic nitrogens is 2. The van der Waals surface area contributed by atoms with Crippen molar-refractivity contribution in [3.05, 3.63) is 53.7 Å². The van der Waals surface area contributed by atoms with Gasteiger partial charge in [-0.05, 0) is 24.3 Å². The predicted molar refractivity (Wildman–Crippen MR) is 86.3 cm³/mol. The van der Waals surface area contributed by atoms with Crippen LogP contribution in [0.2, 0.25) is 5.02 Å². The average Bonchev–Trinajstić information content (AvgIpc) is 2.93. The first-order valence-corrected chi connectivity index (χ1v) is 7.12. The lowest BCUT2D eigenvalue weighted by molar-refractivity contribution is 0.415. The van der Waals surface area contributed by atoms with Gasteiger partial charge in [-0.2, -0.15) is 5.10 Å². The first-order chi connectivity index (χ1) is 10.8. The molecule has 0 saturated heterocycles. The Kier molecular flexibility index (Phi) is 2.98. The maximum atomic E-state index is 6.38. The van der Waals surface area contributed by atoms with Crippen LogP contribution < -0.4 is 4.74 Å². The summed E-state index contributed by atoms with van der Waals surface area (Å²) in [5, 5.41) is 10.8. The van der Waals surface area contributed by atoms with E-state index < -0.39 is 0 Å². The van der Waals surface area contributed by atoms with E-state index in [9.17, 15) is 0 Å². The lowest BCUT2D eigenvalue weighted by Gasteiger charge is -2.06. The van der Waals surface area contributed by atoms with Crippen molar-refractivity contribution in [3.8, 4) is 17.0 Å². The second-order valence-electron chi connectivity index (χ2n) is 4.88. The lowest BCUT2D eigenvalue weighted by Crippen LogP contribution is -1.90. The number of fused-ring (bicyclic) bond motifs is 3. The highest BCUT2D eigenvalue weighted by Crippen LogP contribution is 2.38. The smallest absolute Gasteiger partial charge is 0.157 e. The Labute approximate surface area is 131 Å². The van der Waals surface area contributed by atoms with Crippen molar-refractivity contribution in [2.45, 2.75) is 0 Å². The van der Waals surface area contributed by atoms with Crippen molar-refractivity contribution in [1.82, 2.24) is 10.2 Å². The fourth-order valence-electron chi connectivity index (χ4n) is 2.59. The van der Waals surface area contributed by atoms with Crippen LogP contribution in [-0.4, -0.2) is 17.3 Å². The van der Waals surface area contributed by atoms with Crippen LogP contribution in [0.25, 0.3) is 33.2 Å². The first-order valence-electron chi connectivity index (χ1n) is 6.75. The summed E-state index contributed by atoms with van der Waals surface area (Å²) in [6.45, 7) is 0. The van der Waals surface area contributed by atoms with Gasteiger partial charge in [0.25, 0.3) is 0 Å². The minimum Gasteiger partial charge on any atom is -0.497 e. The molecule has 0 aliphatic heterocycles. The van der Waals surface area contributed by atoms with E-state index in [1.54, 1.807) is 19.4 Å². The number of hydrogen-bond acceptors (Lipinski definition) is 4. The Morgan fingerprint density at radius 2 is 1.95 bits per heavy atom. The maximum Gasteiger partial charge on any atom is 0.157 e. The second kappa shape index (κ2) is 5.00. The summed E-state index contributed by atoms with van der Waals surface area (Å²) < 4.78 is 11.0. The topological polar surface area (TPSA) is 48.2 Å². The van der Waals surface area contributed by atoms with E-state index in [2.05, 4.69) is 10.2 Å². The third-order valence-electron chi connectivity index (χ3n) is 3.62. The third kappa shape index (κ3) is 1.92. The summed E-state index contributed by atoms with van der Waals surface area (Å²) in [5.41, 5.74) is 3.00. The van der Waals surface area contributed by atoms with Crippen LogP contribution in [0.1, 0.15) is 0 Å². The van der Waals surface area contributed by atoms with E-state index in [0.717, 1.165) is 21.9 Å². The Balaban J connectivity index is 2.06. The quantitative estimate of drug-likeness (QED) is 0.538. The molecule has 2 aromatic carbocycles. The Morgan fingerprint density at radius 1 is 1.09 bits per heavy atom. The molecule has 4 nitrogen and oxygen atoms in total. The highest BCUT2D eigenvalue weighted by atomic mass is 35.5. The van der Waals surface area contributed by atoms with Crippen LogP contribution in [0.5, 0.6) is 5.75 Å². The van der Waals surface area contributed by atoms with Crippen LogP contribution in [-0.2, 0) is 0 Å². The van der Waals surface area contributed by atoms with E-state index >= 15 is 0 Å². The molecule has 0 aliphatic rings. The van der Waals surface area contributed by atoms with E-state index in [1.807, 2.05) is 36.4 Å². The molecule has 0 saturated carbocycles. The van der Waals surface area contributed by atoms with Gasteiger partial charge in [0.1, 0.15) is 17.0 Å². The molecule has 0 unspecified atom stereocenters. The number of furan rings is 1. The van der Waals surface area contributed by atoms with Gasteiger partial charge in [0.15, 0.2) is 5.58 Å². The molecule has 2 heterocycles. The summed E-state index contributed by atoms with van der Waals surface area (Å²) in [6.07, 6.45) is 1.62. The number of halogens is 1. The zero-order chi connectivity index (χ0) is 15.1. The molecule has 0 bridgehead atoms. The van der Waals surface area contributed by atoms with Crippen LogP contribution in [0.15, 0.2) is 53.1 Å². The SMILES string of the molecule is COc1ccc(-c2nncc3oc4ccccc4c23)c(Cl)c1. The van der Waals surface area contributed by atoms with Crippen molar-refractivity contribution in [3.63, 3.8) is 0 Å². The fraction of sp³-hybridized carbons (Fsp3) is 0.0588. The summed E-state index contributed by atoms with van der Waals surface area (Å²) >= 11 is 6.38. The molecule has 0 radical (unpaired) electrons. The van der Waals surface area contributed by atoms with E-state index in [-0.39, 0.29) is 0 Å². The van der Waals surface area contributed by atoms with E-state index in [4.69, 9.17) is 20.8 Å². The molecule has 0 N–H and O–H groups in total. The maximum absolute atomic E-state index is 6.38. The van der Waals surface area contributed by atoms with Crippen molar-refractivity contribution >= 4 is 33.5 Å². The molecule has 0 aliphatic carbocycles. The van der Waals surface area contributed by atoms with E-state index in [0.29, 0.717) is 22.0 Å². The molecule has 22 heavy (non-hydrogen) atoms. The average molecular weight is 311 g/mol. The minimum atomic E-state index is 0.562. The standard InChI is InChI=1S/C17H11ClN2O2/c1-21-10-6-7-11(13(18)8-10)17-16-12-4-2-3-5-14(12)22-15(16)9-19-20-17/h2-9H,1H3. The number of methoxy groups -OCH3 is 1. The molecule has 2 aromatic heterocycles. The molecule has 4 rings (SSSR count). The third-order valence-corrected chi connectivity index (χ3v) is 3.94. The van der Waals surface area contributed by atoms with Crippen LogP contribution in [0.4, 0.5) is 0 Å². The number of para-hydroxylation sites is 1. The molecule has 0 fully saturated rings. The Bertz CT molecular complexity index is 994. The van der Waals surface area contributed by atoms with Gasteiger partial charge >= 0.3 is 0 Å². The van der Waals surface area contributed by atoms with Gasteiger partial charge in [-0.3, -0.25) is 0 Å². The van der Waals surface area contributed by atoms with Crippen molar-refractivity contribution in [2.75, 3.05) is 7.11 Å². The van der Waals surface area contributed by atoms with Gasteiger partial charge in [-0.1, -0.05) is 29.8 Å². The minimum absolute atomic E-state index is 0.562. The fourth-order valence-corrected chi connectivity index (χ4v) is 2.85. The van der Waals surface area contributed by atoms with Crippen LogP contribution >= 0.6 is 11.6 Å². The van der Waals surface area contributed by atoms with E-state index in [1.165, 1.54) is 0 Å². The molecule has 108 valence electrons. The van der Waals surface area contributed by atoms with Crippen LogP contribution in [0.3, 0.4) is 0 Å². The summed E-state index contributed by atoms with van der Waals surface area (Å²) in [5.74, 6) is 0.700. The number of hydrogen-bond donors (Lipinski definition) is 0. The van der Waals surface area contributed by atoms with Gasteiger partial charge in [-0.25, -0.2) is 0 Å². The molecular formula is C17H11ClN2O2. The monoisotopic (exact) mass is 310 g/mol. The van der Waals surface area contributed by atoms with Crippen molar-refractivity contribution < 1.29 is 9.15 Å². The number of benzene rings is 2. The molecule has 0 amide bonds. The number of rotatable bonds is 2. The number of nitrogens with zero attached hydrogens (tertiary/aromatic N) is 2. The Hall–Kier alpha value is -2.59. The zero-order valence-corrected chi connectivity index (χ0v) is 12.5. The molecule has 4 aromatic rings. The molecule has 0 atom stereocenters. The van der Waals surface area contributed by atoms with Gasteiger partial charge < -0.3 is 9.15 Å². The molecular weight excluding hydrogens is 300 g/mol. The largest absolute Gasteiger partial charge is 0.497 e.